The Bertz CT molecular complexity index is 736. The van der Waals surface area contributed by atoms with E-state index in [1.165, 1.54) is 12.1 Å². The fourth-order valence-corrected chi connectivity index (χ4v) is 2.31. The van der Waals surface area contributed by atoms with Gasteiger partial charge in [-0.1, -0.05) is 0 Å². The predicted octanol–water partition coefficient (Wildman–Crippen LogP) is 3.24. The van der Waals surface area contributed by atoms with E-state index in [1.54, 1.807) is 12.1 Å². The number of nitrogens with one attached hydrogen (secondary N) is 1. The van der Waals surface area contributed by atoms with Crippen molar-refractivity contribution in [3.05, 3.63) is 57.7 Å². The minimum absolute atomic E-state index is 0.0739. The summed E-state index contributed by atoms with van der Waals surface area (Å²) in [5.74, 6) is 0.328. The van der Waals surface area contributed by atoms with E-state index < -0.39 is 23.8 Å². The van der Waals surface area contributed by atoms with Gasteiger partial charge in [0.1, 0.15) is 24.2 Å². The van der Waals surface area contributed by atoms with Gasteiger partial charge >= 0.3 is 6.18 Å². The Morgan fingerprint density at radius 2 is 1.59 bits per heavy atom. The number of benzene rings is 2. The molecular weight excluding hydrogens is 478 g/mol. The molecule has 5 nitrogen and oxygen atoms in total. The van der Waals surface area contributed by atoms with E-state index in [2.05, 4.69) is 27.9 Å². The summed E-state index contributed by atoms with van der Waals surface area (Å²) >= 11 is 2.15. The third kappa shape index (κ3) is 7.63. The molecule has 2 rings (SSSR count). The molecule has 0 aromatic heterocycles. The van der Waals surface area contributed by atoms with Crippen molar-refractivity contribution in [1.82, 2.24) is 5.32 Å². The van der Waals surface area contributed by atoms with Crippen molar-refractivity contribution in [1.29, 1.82) is 0 Å². The molecule has 0 heterocycles. The van der Waals surface area contributed by atoms with Gasteiger partial charge in [-0.2, -0.15) is 13.2 Å². The zero-order valence-corrected chi connectivity index (χ0v) is 16.2. The van der Waals surface area contributed by atoms with E-state index in [4.69, 9.17) is 9.47 Å². The van der Waals surface area contributed by atoms with Crippen molar-refractivity contribution in [2.24, 2.45) is 0 Å². The zero-order valence-electron chi connectivity index (χ0n) is 14.0. The third-order valence-electron chi connectivity index (χ3n) is 3.34. The molecule has 0 aliphatic heterocycles. The molecule has 2 N–H and O–H groups in total. The highest BCUT2D eigenvalue weighted by molar-refractivity contribution is 14.1. The average molecular weight is 495 g/mol. The van der Waals surface area contributed by atoms with Gasteiger partial charge in [-0.3, -0.25) is 4.79 Å². The number of aliphatic hydroxyl groups excluding tert-OH is 1. The first kappa shape index (κ1) is 21.3. The maximum atomic E-state index is 12.5. The standard InChI is InChI=1S/C18H17F3INO4/c19-18(20,21)12-1-5-15(6-2-12)26-10-14(24)9-23-17(25)11-27-16-7-3-13(22)4-8-16/h1-8,14,24H,9-11H2,(H,23,25). The molecule has 2 aromatic rings. The molecule has 146 valence electrons. The lowest BCUT2D eigenvalue weighted by molar-refractivity contribution is -0.137. The van der Waals surface area contributed by atoms with Crippen LogP contribution in [0.5, 0.6) is 11.5 Å². The quantitative estimate of drug-likeness (QED) is 0.553. The minimum atomic E-state index is -4.41. The van der Waals surface area contributed by atoms with E-state index in [1.807, 2.05) is 12.1 Å². The average Bonchev–Trinajstić information content (AvgIpc) is 2.64. The minimum Gasteiger partial charge on any atom is -0.491 e. The van der Waals surface area contributed by atoms with Gasteiger partial charge in [0.2, 0.25) is 0 Å². The van der Waals surface area contributed by atoms with E-state index in [0.717, 1.165) is 15.7 Å². The largest absolute Gasteiger partial charge is 0.491 e. The van der Waals surface area contributed by atoms with E-state index >= 15 is 0 Å². The number of aliphatic hydroxyl groups is 1. The number of hydrogen-bond acceptors (Lipinski definition) is 4. The van der Waals surface area contributed by atoms with Crippen LogP contribution in [0.3, 0.4) is 0 Å². The molecule has 0 radical (unpaired) electrons. The van der Waals surface area contributed by atoms with E-state index in [9.17, 15) is 23.1 Å². The van der Waals surface area contributed by atoms with Crippen LogP contribution in [-0.4, -0.2) is 36.9 Å². The molecule has 0 aliphatic rings. The van der Waals surface area contributed by atoms with Crippen LogP contribution in [-0.2, 0) is 11.0 Å². The molecule has 27 heavy (non-hydrogen) atoms. The summed E-state index contributed by atoms with van der Waals surface area (Å²) in [5.41, 5.74) is -0.782. The second kappa shape index (κ2) is 9.79. The molecule has 0 saturated heterocycles. The van der Waals surface area contributed by atoms with Crippen LogP contribution in [0, 0.1) is 3.57 Å². The molecule has 2 aromatic carbocycles. The second-order valence-electron chi connectivity index (χ2n) is 5.53. The maximum absolute atomic E-state index is 12.5. The molecule has 1 amide bonds. The summed E-state index contributed by atoms with van der Waals surface area (Å²) < 4.78 is 49.0. The number of alkyl halides is 3. The highest BCUT2D eigenvalue weighted by Gasteiger charge is 2.30. The number of carbonyl (C=O) groups excluding carboxylic acids is 1. The Kier molecular flexibility index (Phi) is 7.72. The van der Waals surface area contributed by atoms with Gasteiger partial charge in [0.05, 0.1) is 5.56 Å². The maximum Gasteiger partial charge on any atom is 0.416 e. The lowest BCUT2D eigenvalue weighted by Crippen LogP contribution is -2.37. The smallest absolute Gasteiger partial charge is 0.416 e. The molecule has 1 atom stereocenters. The van der Waals surface area contributed by atoms with Crippen LogP contribution in [0.15, 0.2) is 48.5 Å². The van der Waals surface area contributed by atoms with E-state index in [-0.39, 0.29) is 25.5 Å². The van der Waals surface area contributed by atoms with Crippen molar-refractivity contribution >= 4 is 28.5 Å². The topological polar surface area (TPSA) is 67.8 Å². The van der Waals surface area contributed by atoms with Gasteiger partial charge in [0, 0.05) is 10.1 Å². The zero-order chi connectivity index (χ0) is 19.9. The van der Waals surface area contributed by atoms with Crippen LogP contribution in [0.25, 0.3) is 0 Å². The fraction of sp³-hybridized carbons (Fsp3) is 0.278. The highest BCUT2D eigenvalue weighted by Crippen LogP contribution is 2.30. The van der Waals surface area contributed by atoms with Crippen LogP contribution in [0.4, 0.5) is 13.2 Å². The van der Waals surface area contributed by atoms with Gasteiger partial charge in [-0.25, -0.2) is 0 Å². The van der Waals surface area contributed by atoms with Crippen molar-refractivity contribution < 1.29 is 32.5 Å². The fourth-order valence-electron chi connectivity index (χ4n) is 1.95. The normalized spacial score (nSPS) is 12.3. The molecule has 0 spiro atoms. The number of halogens is 4. The van der Waals surface area contributed by atoms with Gasteiger partial charge in [-0.15, -0.1) is 0 Å². The molecule has 9 heteroatoms. The van der Waals surface area contributed by atoms with E-state index in [0.29, 0.717) is 5.75 Å². The molecule has 0 aliphatic carbocycles. The van der Waals surface area contributed by atoms with Crippen LogP contribution in [0.1, 0.15) is 5.56 Å². The first-order valence-corrected chi connectivity index (χ1v) is 8.95. The Morgan fingerprint density at radius 1 is 1.04 bits per heavy atom. The van der Waals surface area contributed by atoms with Gasteiger partial charge in [0.25, 0.3) is 5.91 Å². The SMILES string of the molecule is O=C(COc1ccc(I)cc1)NCC(O)COc1ccc(C(F)(F)F)cc1. The number of ether oxygens (including phenoxy) is 2. The van der Waals surface area contributed by atoms with Crippen LogP contribution < -0.4 is 14.8 Å². The first-order chi connectivity index (χ1) is 12.7. The van der Waals surface area contributed by atoms with Crippen LogP contribution in [0.2, 0.25) is 0 Å². The van der Waals surface area contributed by atoms with Gasteiger partial charge in [0.15, 0.2) is 6.61 Å². The third-order valence-corrected chi connectivity index (χ3v) is 4.06. The Hall–Kier alpha value is -2.01. The Morgan fingerprint density at radius 3 is 2.19 bits per heavy atom. The number of rotatable bonds is 8. The first-order valence-electron chi connectivity index (χ1n) is 7.87. The number of hydrogen-bond donors (Lipinski definition) is 2. The van der Waals surface area contributed by atoms with Gasteiger partial charge in [-0.05, 0) is 71.1 Å². The number of amides is 1. The lowest BCUT2D eigenvalue weighted by atomic mass is 10.2. The molecule has 0 bridgehead atoms. The predicted molar refractivity (Wildman–Crippen MR) is 101 cm³/mol. The summed E-state index contributed by atoms with van der Waals surface area (Å²) in [6, 6.07) is 11.3. The molecule has 0 saturated carbocycles. The number of carbonyl (C=O) groups is 1. The van der Waals surface area contributed by atoms with Crippen molar-refractivity contribution in [3.63, 3.8) is 0 Å². The Labute approximate surface area is 167 Å². The highest BCUT2D eigenvalue weighted by atomic mass is 127. The Balaban J connectivity index is 1.67. The van der Waals surface area contributed by atoms with Crippen molar-refractivity contribution in [2.45, 2.75) is 12.3 Å². The second-order valence-corrected chi connectivity index (χ2v) is 6.78. The van der Waals surface area contributed by atoms with Crippen molar-refractivity contribution in [2.75, 3.05) is 19.8 Å². The molecule has 1 unspecified atom stereocenters. The summed E-state index contributed by atoms with van der Waals surface area (Å²) in [6.45, 7) is -0.452. The van der Waals surface area contributed by atoms with Gasteiger partial charge < -0.3 is 19.9 Å². The van der Waals surface area contributed by atoms with Crippen LogP contribution >= 0.6 is 22.6 Å². The summed E-state index contributed by atoms with van der Waals surface area (Å²) in [6.07, 6.45) is -5.43. The summed E-state index contributed by atoms with van der Waals surface area (Å²) in [4.78, 5) is 11.7. The monoisotopic (exact) mass is 495 g/mol. The lowest BCUT2D eigenvalue weighted by Gasteiger charge is -2.14. The molecule has 0 fully saturated rings. The summed E-state index contributed by atoms with van der Waals surface area (Å²) in [7, 11) is 0. The molecular formula is C18H17F3INO4. The van der Waals surface area contributed by atoms with Crippen molar-refractivity contribution in [3.8, 4) is 11.5 Å². The summed E-state index contributed by atoms with van der Waals surface area (Å²) in [5, 5.41) is 12.3.